The summed E-state index contributed by atoms with van der Waals surface area (Å²) in [5, 5.41) is 8.86. The molecule has 92 valence electrons. The molecule has 0 unspecified atom stereocenters. The van der Waals surface area contributed by atoms with Crippen molar-refractivity contribution in [3.05, 3.63) is 35.4 Å². The third-order valence-corrected chi connectivity index (χ3v) is 3.35. The maximum Gasteiger partial charge on any atom is 0.335 e. The zero-order chi connectivity index (χ0) is 12.3. The van der Waals surface area contributed by atoms with Crippen LogP contribution in [-0.4, -0.2) is 31.4 Å². The minimum absolute atomic E-state index is 0.298. The standard InChI is InChI=1S/C13H16O4/c1-16-13(6-8-17-9-7-13)11-4-2-10(3-5-11)12(14)15/h2-5H,6-9H2,1H3,(H,14,15). The fourth-order valence-electron chi connectivity index (χ4n) is 2.23. The van der Waals surface area contributed by atoms with Gasteiger partial charge in [0.25, 0.3) is 0 Å². The van der Waals surface area contributed by atoms with Crippen molar-refractivity contribution in [2.45, 2.75) is 18.4 Å². The highest BCUT2D eigenvalue weighted by Crippen LogP contribution is 2.35. The molecule has 0 saturated carbocycles. The van der Waals surface area contributed by atoms with Crippen LogP contribution in [0.3, 0.4) is 0 Å². The van der Waals surface area contributed by atoms with Gasteiger partial charge in [0.1, 0.15) is 0 Å². The minimum Gasteiger partial charge on any atom is -0.478 e. The number of carboxylic acid groups (broad SMARTS) is 1. The average molecular weight is 236 g/mol. The molecule has 1 fully saturated rings. The van der Waals surface area contributed by atoms with Gasteiger partial charge in [-0.25, -0.2) is 4.79 Å². The van der Waals surface area contributed by atoms with E-state index in [1.165, 1.54) is 0 Å². The van der Waals surface area contributed by atoms with Crippen LogP contribution in [0.2, 0.25) is 0 Å². The number of aromatic carboxylic acids is 1. The first-order valence-corrected chi connectivity index (χ1v) is 5.65. The lowest BCUT2D eigenvalue weighted by Crippen LogP contribution is -2.35. The summed E-state index contributed by atoms with van der Waals surface area (Å²) in [4.78, 5) is 10.8. The van der Waals surface area contributed by atoms with E-state index >= 15 is 0 Å². The quantitative estimate of drug-likeness (QED) is 0.872. The van der Waals surface area contributed by atoms with Gasteiger partial charge in [-0.15, -0.1) is 0 Å². The first-order chi connectivity index (χ1) is 8.18. The van der Waals surface area contributed by atoms with Gasteiger partial charge in [-0.1, -0.05) is 12.1 Å². The second-order valence-corrected chi connectivity index (χ2v) is 4.19. The Morgan fingerprint density at radius 1 is 1.29 bits per heavy atom. The van der Waals surface area contributed by atoms with Gasteiger partial charge in [-0.05, 0) is 17.7 Å². The van der Waals surface area contributed by atoms with Crippen molar-refractivity contribution in [3.8, 4) is 0 Å². The van der Waals surface area contributed by atoms with Crippen molar-refractivity contribution in [2.24, 2.45) is 0 Å². The van der Waals surface area contributed by atoms with Crippen LogP contribution in [0.4, 0.5) is 0 Å². The minimum atomic E-state index is -0.907. The first kappa shape index (κ1) is 12.1. The molecule has 0 amide bonds. The van der Waals surface area contributed by atoms with Crippen LogP contribution < -0.4 is 0 Å². The lowest BCUT2D eigenvalue weighted by molar-refractivity contribution is -0.0947. The Morgan fingerprint density at radius 3 is 2.35 bits per heavy atom. The van der Waals surface area contributed by atoms with Crippen molar-refractivity contribution in [3.63, 3.8) is 0 Å². The van der Waals surface area contributed by atoms with E-state index in [9.17, 15) is 4.79 Å². The monoisotopic (exact) mass is 236 g/mol. The molecule has 1 aliphatic heterocycles. The zero-order valence-electron chi connectivity index (χ0n) is 9.81. The maximum atomic E-state index is 10.8. The van der Waals surface area contributed by atoms with Crippen molar-refractivity contribution in [1.29, 1.82) is 0 Å². The summed E-state index contributed by atoms with van der Waals surface area (Å²) in [6.45, 7) is 1.35. The fourth-order valence-corrected chi connectivity index (χ4v) is 2.23. The molecule has 1 saturated heterocycles. The number of carbonyl (C=O) groups is 1. The predicted octanol–water partition coefficient (Wildman–Crippen LogP) is 2.04. The molecule has 17 heavy (non-hydrogen) atoms. The van der Waals surface area contributed by atoms with E-state index < -0.39 is 5.97 Å². The van der Waals surface area contributed by atoms with Crippen molar-refractivity contribution >= 4 is 5.97 Å². The molecule has 1 N–H and O–H groups in total. The lowest BCUT2D eigenvalue weighted by atomic mass is 9.86. The Kier molecular flexibility index (Phi) is 3.45. The Morgan fingerprint density at radius 2 is 1.88 bits per heavy atom. The summed E-state index contributed by atoms with van der Waals surface area (Å²) < 4.78 is 11.0. The molecular formula is C13H16O4. The molecular weight excluding hydrogens is 220 g/mol. The number of carboxylic acids is 1. The van der Waals surface area contributed by atoms with Crippen molar-refractivity contribution in [2.75, 3.05) is 20.3 Å². The lowest BCUT2D eigenvalue weighted by Gasteiger charge is -2.36. The van der Waals surface area contributed by atoms with E-state index in [1.54, 1.807) is 19.2 Å². The van der Waals surface area contributed by atoms with Crippen LogP contribution in [0, 0.1) is 0 Å². The average Bonchev–Trinajstić information content (AvgIpc) is 2.39. The van der Waals surface area contributed by atoms with Gasteiger partial charge in [-0.3, -0.25) is 0 Å². The third kappa shape index (κ3) is 2.33. The molecule has 0 atom stereocenters. The van der Waals surface area contributed by atoms with E-state index in [2.05, 4.69) is 0 Å². The molecule has 1 heterocycles. The number of hydrogen-bond acceptors (Lipinski definition) is 3. The van der Waals surface area contributed by atoms with Gasteiger partial charge < -0.3 is 14.6 Å². The second-order valence-electron chi connectivity index (χ2n) is 4.19. The molecule has 1 aromatic carbocycles. The molecule has 0 spiro atoms. The maximum absolute atomic E-state index is 10.8. The summed E-state index contributed by atoms with van der Waals surface area (Å²) in [6, 6.07) is 6.90. The second kappa shape index (κ2) is 4.85. The van der Waals surface area contributed by atoms with Gasteiger partial charge in [0.2, 0.25) is 0 Å². The van der Waals surface area contributed by atoms with Crippen LogP contribution in [0.5, 0.6) is 0 Å². The van der Waals surface area contributed by atoms with Gasteiger partial charge in [0.15, 0.2) is 0 Å². The fraction of sp³-hybridized carbons (Fsp3) is 0.462. The molecule has 1 aliphatic rings. The van der Waals surface area contributed by atoms with Crippen molar-refractivity contribution in [1.82, 2.24) is 0 Å². The Bertz CT molecular complexity index is 390. The summed E-state index contributed by atoms with van der Waals surface area (Å²) in [7, 11) is 1.69. The number of methoxy groups -OCH3 is 1. The van der Waals surface area contributed by atoms with Gasteiger partial charge in [0.05, 0.1) is 11.2 Å². The normalized spacial score (nSPS) is 18.9. The molecule has 1 aromatic rings. The van der Waals surface area contributed by atoms with Gasteiger partial charge >= 0.3 is 5.97 Å². The SMILES string of the molecule is COC1(c2ccc(C(=O)O)cc2)CCOCC1. The molecule has 4 heteroatoms. The van der Waals surface area contributed by atoms with Crippen LogP contribution >= 0.6 is 0 Å². The van der Waals surface area contributed by atoms with Crippen molar-refractivity contribution < 1.29 is 19.4 Å². The predicted molar refractivity (Wildman–Crippen MR) is 62.1 cm³/mol. The number of rotatable bonds is 3. The zero-order valence-corrected chi connectivity index (χ0v) is 9.81. The topological polar surface area (TPSA) is 55.8 Å². The Balaban J connectivity index is 2.27. The Labute approximate surface area is 100 Å². The van der Waals surface area contributed by atoms with E-state index in [0.717, 1.165) is 18.4 Å². The number of hydrogen-bond donors (Lipinski definition) is 1. The molecule has 0 radical (unpaired) electrons. The number of benzene rings is 1. The highest BCUT2D eigenvalue weighted by atomic mass is 16.5. The van der Waals surface area contributed by atoms with Gasteiger partial charge in [-0.2, -0.15) is 0 Å². The van der Waals surface area contributed by atoms with Crippen LogP contribution in [0.25, 0.3) is 0 Å². The molecule has 2 rings (SSSR count). The van der Waals surface area contributed by atoms with Gasteiger partial charge in [0, 0.05) is 33.2 Å². The highest BCUT2D eigenvalue weighted by Gasteiger charge is 2.34. The van der Waals surface area contributed by atoms with E-state index in [0.29, 0.717) is 18.8 Å². The number of ether oxygens (including phenoxy) is 2. The Hall–Kier alpha value is -1.39. The van der Waals surface area contributed by atoms with Crippen LogP contribution in [-0.2, 0) is 15.1 Å². The summed E-state index contributed by atoms with van der Waals surface area (Å²) >= 11 is 0. The molecule has 0 aromatic heterocycles. The molecule has 0 bridgehead atoms. The largest absolute Gasteiger partial charge is 0.478 e. The summed E-state index contributed by atoms with van der Waals surface area (Å²) in [5.74, 6) is -0.907. The summed E-state index contributed by atoms with van der Waals surface area (Å²) in [5.41, 5.74) is 0.996. The van der Waals surface area contributed by atoms with E-state index in [-0.39, 0.29) is 5.60 Å². The summed E-state index contributed by atoms with van der Waals surface area (Å²) in [6.07, 6.45) is 1.60. The van der Waals surface area contributed by atoms with E-state index in [1.807, 2.05) is 12.1 Å². The first-order valence-electron chi connectivity index (χ1n) is 5.65. The molecule has 4 nitrogen and oxygen atoms in total. The smallest absolute Gasteiger partial charge is 0.335 e. The molecule has 0 aliphatic carbocycles. The van der Waals surface area contributed by atoms with Crippen LogP contribution in [0.15, 0.2) is 24.3 Å². The highest BCUT2D eigenvalue weighted by molar-refractivity contribution is 5.87. The van der Waals surface area contributed by atoms with E-state index in [4.69, 9.17) is 14.6 Å². The van der Waals surface area contributed by atoms with Crippen LogP contribution in [0.1, 0.15) is 28.8 Å². The third-order valence-electron chi connectivity index (χ3n) is 3.35.